The van der Waals surface area contributed by atoms with E-state index in [4.69, 9.17) is 22.1 Å². The zero-order valence-electron chi connectivity index (χ0n) is 15.1. The lowest BCUT2D eigenvalue weighted by Crippen LogP contribution is -2.53. The van der Waals surface area contributed by atoms with E-state index in [0.29, 0.717) is 33.9 Å². The van der Waals surface area contributed by atoms with Crippen molar-refractivity contribution in [2.45, 2.75) is 44.2 Å². The lowest BCUT2D eigenvalue weighted by atomic mass is 9.67. The highest BCUT2D eigenvalue weighted by Gasteiger charge is 2.40. The number of benzene rings is 1. The zero-order valence-corrected chi connectivity index (χ0v) is 15.9. The first kappa shape index (κ1) is 18.2. The summed E-state index contributed by atoms with van der Waals surface area (Å²) in [4.78, 5) is 13.0. The van der Waals surface area contributed by atoms with Crippen molar-refractivity contribution in [1.29, 1.82) is 0 Å². The van der Waals surface area contributed by atoms with Crippen LogP contribution in [0.1, 0.15) is 42.5 Å². The SMILES string of the molecule is COc1cc(-n2cnnn2)c(Cl)cc1C(=O)NC1C2CCCC1CC(N)C2. The summed E-state index contributed by atoms with van der Waals surface area (Å²) in [5, 5.41) is 14.7. The number of aromatic nitrogens is 4. The van der Waals surface area contributed by atoms with Crippen molar-refractivity contribution < 1.29 is 9.53 Å². The molecule has 1 aromatic heterocycles. The van der Waals surface area contributed by atoms with Gasteiger partial charge in [-0.1, -0.05) is 18.0 Å². The molecule has 2 atom stereocenters. The third-order valence-electron chi connectivity index (χ3n) is 5.78. The van der Waals surface area contributed by atoms with Crippen molar-refractivity contribution in [2.24, 2.45) is 17.6 Å². The molecule has 2 bridgehead atoms. The molecule has 2 aliphatic rings. The van der Waals surface area contributed by atoms with Gasteiger partial charge in [0.2, 0.25) is 0 Å². The first-order chi connectivity index (χ1) is 13.1. The molecule has 0 spiro atoms. The lowest BCUT2D eigenvalue weighted by Gasteiger charge is -2.45. The van der Waals surface area contributed by atoms with E-state index in [1.54, 1.807) is 12.1 Å². The van der Waals surface area contributed by atoms with Crippen molar-refractivity contribution in [3.63, 3.8) is 0 Å². The van der Waals surface area contributed by atoms with Crippen LogP contribution >= 0.6 is 11.6 Å². The number of nitrogens with two attached hydrogens (primary N) is 1. The Morgan fingerprint density at radius 3 is 2.70 bits per heavy atom. The van der Waals surface area contributed by atoms with E-state index in [1.807, 2.05) is 0 Å². The van der Waals surface area contributed by atoms with E-state index in [0.717, 1.165) is 25.7 Å². The largest absolute Gasteiger partial charge is 0.496 e. The molecule has 2 saturated carbocycles. The number of carbonyl (C=O) groups is 1. The Morgan fingerprint density at radius 1 is 1.33 bits per heavy atom. The maximum atomic E-state index is 13.0. The molecular weight excluding hydrogens is 368 g/mol. The second-order valence-corrected chi connectivity index (χ2v) is 7.85. The van der Waals surface area contributed by atoms with Crippen molar-refractivity contribution in [1.82, 2.24) is 25.5 Å². The lowest BCUT2D eigenvalue weighted by molar-refractivity contribution is 0.0753. The molecule has 1 amide bonds. The minimum absolute atomic E-state index is 0.161. The Kier molecular flexibility index (Phi) is 5.01. The van der Waals surface area contributed by atoms with E-state index < -0.39 is 0 Å². The summed E-state index contributed by atoms with van der Waals surface area (Å²) in [7, 11) is 1.53. The number of tetrazole rings is 1. The Balaban J connectivity index is 1.59. The number of fused-ring (bicyclic) bond motifs is 2. The van der Waals surface area contributed by atoms with Crippen LogP contribution in [0.15, 0.2) is 18.5 Å². The van der Waals surface area contributed by atoms with Crippen molar-refractivity contribution in [2.75, 3.05) is 7.11 Å². The Hall–Kier alpha value is -2.19. The summed E-state index contributed by atoms with van der Waals surface area (Å²) in [5.41, 5.74) is 7.15. The first-order valence-electron chi connectivity index (χ1n) is 9.24. The molecule has 1 heterocycles. The molecule has 27 heavy (non-hydrogen) atoms. The fraction of sp³-hybridized carbons (Fsp3) is 0.556. The minimum Gasteiger partial charge on any atom is -0.496 e. The van der Waals surface area contributed by atoms with E-state index in [9.17, 15) is 4.79 Å². The predicted octanol–water partition coefficient (Wildman–Crippen LogP) is 1.96. The summed E-state index contributed by atoms with van der Waals surface area (Å²) >= 11 is 6.38. The normalized spacial score (nSPS) is 27.2. The average Bonchev–Trinajstić information content (AvgIpc) is 3.16. The second kappa shape index (κ2) is 7.44. The van der Waals surface area contributed by atoms with Crippen LogP contribution in [0.5, 0.6) is 5.75 Å². The molecule has 2 aromatic rings. The standard InChI is InChI=1S/C18H23ClN6O2/c1-27-16-8-15(25-9-21-23-24-25)14(19)7-13(16)18(26)22-17-10-3-2-4-11(17)6-12(20)5-10/h7-12,17H,2-6,20H2,1H3,(H,22,26). The van der Waals surface area contributed by atoms with Crippen LogP contribution in [0.2, 0.25) is 5.02 Å². The maximum Gasteiger partial charge on any atom is 0.255 e. The van der Waals surface area contributed by atoms with E-state index in [1.165, 1.54) is 24.5 Å². The molecule has 0 saturated heterocycles. The van der Waals surface area contributed by atoms with Crippen LogP contribution < -0.4 is 15.8 Å². The molecule has 3 N–H and O–H groups in total. The fourth-order valence-corrected chi connectivity index (χ4v) is 4.84. The second-order valence-electron chi connectivity index (χ2n) is 7.44. The molecule has 0 radical (unpaired) electrons. The van der Waals surface area contributed by atoms with Gasteiger partial charge in [0.05, 0.1) is 23.4 Å². The van der Waals surface area contributed by atoms with Gasteiger partial charge in [0.15, 0.2) is 0 Å². The first-order valence-corrected chi connectivity index (χ1v) is 9.62. The summed E-state index contributed by atoms with van der Waals surface area (Å²) < 4.78 is 6.87. The fourth-order valence-electron chi connectivity index (χ4n) is 4.59. The van der Waals surface area contributed by atoms with Crippen LogP contribution in [-0.4, -0.2) is 45.3 Å². The summed E-state index contributed by atoms with van der Waals surface area (Å²) in [6.45, 7) is 0. The van der Waals surface area contributed by atoms with Gasteiger partial charge in [0.1, 0.15) is 12.1 Å². The van der Waals surface area contributed by atoms with Gasteiger partial charge in [-0.2, -0.15) is 4.68 Å². The number of hydrogen-bond donors (Lipinski definition) is 2. The molecule has 2 fully saturated rings. The minimum atomic E-state index is -0.172. The van der Waals surface area contributed by atoms with Crippen LogP contribution in [0.4, 0.5) is 0 Å². The summed E-state index contributed by atoms with van der Waals surface area (Å²) in [6, 6.07) is 3.68. The summed E-state index contributed by atoms with van der Waals surface area (Å²) in [6.07, 6.45) is 6.82. The molecule has 0 aliphatic heterocycles. The topological polar surface area (TPSA) is 108 Å². The molecule has 2 aliphatic carbocycles. The van der Waals surface area contributed by atoms with Gasteiger partial charge in [-0.15, -0.1) is 5.10 Å². The quantitative estimate of drug-likeness (QED) is 0.826. The van der Waals surface area contributed by atoms with Crippen LogP contribution in [0.3, 0.4) is 0 Å². The monoisotopic (exact) mass is 390 g/mol. The van der Waals surface area contributed by atoms with Gasteiger partial charge in [0, 0.05) is 18.2 Å². The maximum absolute atomic E-state index is 13.0. The third-order valence-corrected chi connectivity index (χ3v) is 6.09. The van der Waals surface area contributed by atoms with Gasteiger partial charge < -0.3 is 15.8 Å². The molecule has 144 valence electrons. The number of methoxy groups -OCH3 is 1. The number of ether oxygens (including phenoxy) is 1. The highest BCUT2D eigenvalue weighted by molar-refractivity contribution is 6.33. The van der Waals surface area contributed by atoms with Gasteiger partial charge >= 0.3 is 0 Å². The summed E-state index contributed by atoms with van der Waals surface area (Å²) in [5.74, 6) is 1.14. The van der Waals surface area contributed by atoms with Crippen molar-refractivity contribution in [3.8, 4) is 11.4 Å². The van der Waals surface area contributed by atoms with Crippen molar-refractivity contribution in [3.05, 3.63) is 29.0 Å². The van der Waals surface area contributed by atoms with Gasteiger partial charge in [-0.25, -0.2) is 0 Å². The number of nitrogens with one attached hydrogen (secondary N) is 1. The van der Waals surface area contributed by atoms with Crippen LogP contribution in [-0.2, 0) is 0 Å². The molecule has 8 nitrogen and oxygen atoms in total. The Labute approximate surface area is 162 Å². The average molecular weight is 391 g/mol. The Bertz CT molecular complexity index is 814. The highest BCUT2D eigenvalue weighted by atomic mass is 35.5. The smallest absolute Gasteiger partial charge is 0.255 e. The molecule has 9 heteroatoms. The molecule has 1 aromatic carbocycles. The number of rotatable bonds is 4. The third kappa shape index (κ3) is 3.51. The van der Waals surface area contributed by atoms with Gasteiger partial charge in [0.25, 0.3) is 5.91 Å². The Morgan fingerprint density at radius 2 is 2.07 bits per heavy atom. The van der Waals surface area contributed by atoms with Gasteiger partial charge in [-0.05, 0) is 54.0 Å². The highest BCUT2D eigenvalue weighted by Crippen LogP contribution is 2.40. The zero-order chi connectivity index (χ0) is 19.0. The number of nitrogens with zero attached hydrogens (tertiary/aromatic N) is 4. The number of hydrogen-bond acceptors (Lipinski definition) is 6. The van der Waals surface area contributed by atoms with Crippen molar-refractivity contribution >= 4 is 17.5 Å². The molecule has 2 unspecified atom stereocenters. The predicted molar refractivity (Wildman–Crippen MR) is 100 cm³/mol. The van der Waals surface area contributed by atoms with E-state index >= 15 is 0 Å². The molecule has 4 rings (SSSR count). The van der Waals surface area contributed by atoms with Gasteiger partial charge in [-0.3, -0.25) is 4.79 Å². The van der Waals surface area contributed by atoms with Crippen LogP contribution in [0, 0.1) is 11.8 Å². The number of amides is 1. The van der Waals surface area contributed by atoms with E-state index in [2.05, 4.69) is 20.8 Å². The number of halogens is 1. The van der Waals surface area contributed by atoms with E-state index in [-0.39, 0.29) is 18.0 Å². The molecular formula is C18H23ClN6O2. The van der Waals surface area contributed by atoms with Crippen LogP contribution in [0.25, 0.3) is 5.69 Å². The number of carbonyl (C=O) groups excluding carboxylic acids is 1.